The minimum Gasteiger partial charge on any atom is -0.507 e. The quantitative estimate of drug-likeness (QED) is 0.142. The van der Waals surface area contributed by atoms with Crippen molar-refractivity contribution in [1.29, 1.82) is 0 Å². The second-order valence-electron chi connectivity index (χ2n) is 12.2. The van der Waals surface area contributed by atoms with Crippen LogP contribution in [0.15, 0.2) is 132 Å². The summed E-state index contributed by atoms with van der Waals surface area (Å²) in [4.78, 5) is 30.8. The molecule has 0 fully saturated rings. The summed E-state index contributed by atoms with van der Waals surface area (Å²) in [7, 11) is 1.61. The maximum atomic E-state index is 14.1. The molecule has 0 aliphatic rings. The number of fused-ring (bicyclic) bond motifs is 2. The maximum Gasteiger partial charge on any atom is 0.573 e. The van der Waals surface area contributed by atoms with Gasteiger partial charge in [-0.15, -0.1) is 13.2 Å². The molecule has 0 radical (unpaired) electrons. The van der Waals surface area contributed by atoms with E-state index in [1.54, 1.807) is 43.4 Å². The Bertz CT molecular complexity index is 2420. The van der Waals surface area contributed by atoms with E-state index in [-0.39, 0.29) is 23.8 Å². The molecule has 51 heavy (non-hydrogen) atoms. The second kappa shape index (κ2) is 13.5. The largest absolute Gasteiger partial charge is 0.573 e. The molecular weight excluding hydrogens is 655 g/mol. The molecule has 1 unspecified atom stereocenters. The first kappa shape index (κ1) is 33.2. The fourth-order valence-corrected chi connectivity index (χ4v) is 6.69. The number of nitrogens with one attached hydrogen (secondary N) is 2. The van der Waals surface area contributed by atoms with Crippen molar-refractivity contribution in [2.24, 2.45) is 7.05 Å². The van der Waals surface area contributed by atoms with Gasteiger partial charge in [0, 0.05) is 41.1 Å². The van der Waals surface area contributed by atoms with Crippen molar-refractivity contribution < 1.29 is 27.8 Å². The summed E-state index contributed by atoms with van der Waals surface area (Å²) in [5, 5.41) is 16.0. The van der Waals surface area contributed by atoms with Gasteiger partial charge in [-0.05, 0) is 71.1 Å². The predicted octanol–water partition coefficient (Wildman–Crippen LogP) is 8.44. The molecule has 2 heterocycles. The Hall–Kier alpha value is -6.29. The third-order valence-electron chi connectivity index (χ3n) is 9.10. The molecule has 10 heteroatoms. The zero-order valence-electron chi connectivity index (χ0n) is 27.4. The molecule has 0 aliphatic carbocycles. The number of aryl methyl sites for hydroxylation is 1. The lowest BCUT2D eigenvalue weighted by molar-refractivity contribution is -0.274. The fourth-order valence-electron chi connectivity index (χ4n) is 6.69. The van der Waals surface area contributed by atoms with Gasteiger partial charge in [-0.1, -0.05) is 84.9 Å². The molecule has 0 saturated heterocycles. The summed E-state index contributed by atoms with van der Waals surface area (Å²) in [6.07, 6.45) is -4.54. The Morgan fingerprint density at radius 1 is 0.824 bits per heavy atom. The molecule has 0 saturated carbocycles. The van der Waals surface area contributed by atoms with Crippen molar-refractivity contribution in [3.8, 4) is 22.6 Å². The average molecular weight is 688 g/mol. The maximum absolute atomic E-state index is 14.1. The number of benzene rings is 5. The highest BCUT2D eigenvalue weighted by Gasteiger charge is 2.33. The number of amides is 1. The molecule has 7 nitrogen and oxygen atoms in total. The summed E-state index contributed by atoms with van der Waals surface area (Å²) in [6, 6.07) is 37.0. The van der Waals surface area contributed by atoms with Gasteiger partial charge in [0.05, 0.1) is 17.0 Å². The molecule has 7 aromatic rings. The van der Waals surface area contributed by atoms with Crippen molar-refractivity contribution in [2.75, 3.05) is 6.54 Å². The van der Waals surface area contributed by atoms with Crippen LogP contribution in [0.5, 0.6) is 11.5 Å². The number of hydrogen-bond acceptors (Lipinski definition) is 4. The van der Waals surface area contributed by atoms with E-state index in [9.17, 15) is 27.9 Å². The third kappa shape index (κ3) is 6.68. The van der Waals surface area contributed by atoms with Gasteiger partial charge < -0.3 is 24.7 Å². The van der Waals surface area contributed by atoms with Crippen LogP contribution in [0.4, 0.5) is 13.2 Å². The number of rotatable bonds is 9. The highest BCUT2D eigenvalue weighted by molar-refractivity contribution is 5.95. The molecular formula is C41H32F3N3O4. The lowest BCUT2D eigenvalue weighted by atomic mass is 9.85. The first-order valence-electron chi connectivity index (χ1n) is 16.3. The number of carbonyl (C=O) groups is 1. The Morgan fingerprint density at radius 2 is 1.45 bits per heavy atom. The molecule has 7 rings (SSSR count). The van der Waals surface area contributed by atoms with Crippen LogP contribution in [-0.2, 0) is 13.5 Å². The fraction of sp³-hybridized carbons (Fsp3) is 0.122. The molecule has 0 aliphatic heterocycles. The van der Waals surface area contributed by atoms with Crippen LogP contribution in [0, 0.1) is 0 Å². The van der Waals surface area contributed by atoms with Crippen LogP contribution >= 0.6 is 0 Å². The summed E-state index contributed by atoms with van der Waals surface area (Å²) in [5.74, 6) is -1.84. The number of alkyl halides is 3. The minimum atomic E-state index is -4.88. The summed E-state index contributed by atoms with van der Waals surface area (Å²) < 4.78 is 44.7. The van der Waals surface area contributed by atoms with Crippen LogP contribution in [-0.4, -0.2) is 33.5 Å². The number of halogens is 3. The average Bonchev–Trinajstić information content (AvgIpc) is 3.50. The number of para-hydroxylation sites is 2. The van der Waals surface area contributed by atoms with Crippen molar-refractivity contribution >= 4 is 27.7 Å². The van der Waals surface area contributed by atoms with E-state index in [2.05, 4.69) is 15.0 Å². The van der Waals surface area contributed by atoms with Gasteiger partial charge in [-0.3, -0.25) is 9.59 Å². The Kier molecular flexibility index (Phi) is 8.83. The lowest BCUT2D eigenvalue weighted by Gasteiger charge is -2.22. The first-order valence-corrected chi connectivity index (χ1v) is 16.3. The van der Waals surface area contributed by atoms with E-state index in [0.29, 0.717) is 34.1 Å². The standard InChI is InChI=1S/C41H32F3N3O4/c1-47-34-14-8-6-12-32(34)38(48)36(40(47)50)35(27-19-21-29(22-20-27)51-41(42,43)44)37-31(30-11-5-7-13-33(30)46-37)23-24-45-39(49)28-17-15-26(16-18-28)25-9-3-2-4-10-25/h2-22,35,46,48H,23-24H2,1H3,(H,45,49). The van der Waals surface area contributed by atoms with Crippen molar-refractivity contribution in [1.82, 2.24) is 14.9 Å². The van der Waals surface area contributed by atoms with E-state index >= 15 is 0 Å². The van der Waals surface area contributed by atoms with E-state index < -0.39 is 23.6 Å². The number of nitrogens with zero attached hydrogens (tertiary/aromatic N) is 1. The van der Waals surface area contributed by atoms with E-state index in [1.807, 2.05) is 66.7 Å². The Labute approximate surface area is 290 Å². The molecule has 256 valence electrons. The predicted molar refractivity (Wildman–Crippen MR) is 191 cm³/mol. The molecule has 0 bridgehead atoms. The molecule has 0 spiro atoms. The number of pyridine rings is 1. The zero-order chi connectivity index (χ0) is 35.7. The molecule has 5 aromatic carbocycles. The van der Waals surface area contributed by atoms with Crippen LogP contribution < -0.4 is 15.6 Å². The second-order valence-corrected chi connectivity index (χ2v) is 12.2. The first-order chi connectivity index (χ1) is 24.6. The normalized spacial score (nSPS) is 12.2. The van der Waals surface area contributed by atoms with Crippen molar-refractivity contribution in [2.45, 2.75) is 18.7 Å². The number of hydrogen-bond donors (Lipinski definition) is 3. The van der Waals surface area contributed by atoms with Crippen LogP contribution in [0.3, 0.4) is 0 Å². The monoisotopic (exact) mass is 687 g/mol. The number of H-pyrrole nitrogens is 1. The van der Waals surface area contributed by atoms with Gasteiger partial charge in [-0.25, -0.2) is 0 Å². The Morgan fingerprint density at radius 3 is 2.16 bits per heavy atom. The molecule has 1 amide bonds. The van der Waals surface area contributed by atoms with Gasteiger partial charge in [0.2, 0.25) is 0 Å². The lowest BCUT2D eigenvalue weighted by Crippen LogP contribution is -2.27. The van der Waals surface area contributed by atoms with Gasteiger partial charge in [0.25, 0.3) is 11.5 Å². The smallest absolute Gasteiger partial charge is 0.507 e. The van der Waals surface area contributed by atoms with Gasteiger partial charge in [-0.2, -0.15) is 0 Å². The van der Waals surface area contributed by atoms with Gasteiger partial charge in [0.15, 0.2) is 0 Å². The third-order valence-corrected chi connectivity index (χ3v) is 9.10. The van der Waals surface area contributed by atoms with E-state index in [0.717, 1.165) is 27.6 Å². The Balaban J connectivity index is 1.28. The summed E-state index contributed by atoms with van der Waals surface area (Å²) in [5.41, 5.74) is 5.17. The zero-order valence-corrected chi connectivity index (χ0v) is 27.4. The molecule has 1 atom stereocenters. The number of ether oxygens (including phenoxy) is 1. The van der Waals surface area contributed by atoms with Gasteiger partial charge in [0.1, 0.15) is 11.5 Å². The number of aromatic nitrogens is 2. The molecule has 3 N–H and O–H groups in total. The van der Waals surface area contributed by atoms with Crippen molar-refractivity contribution in [3.63, 3.8) is 0 Å². The minimum absolute atomic E-state index is 0.0519. The SMILES string of the molecule is Cn1c(=O)c(C(c2ccc(OC(F)(F)F)cc2)c2[nH]c3ccccc3c2CCNC(=O)c2ccc(-c3ccccc3)cc2)c(O)c2ccccc21. The summed E-state index contributed by atoms with van der Waals surface area (Å²) >= 11 is 0. The van der Waals surface area contributed by atoms with Gasteiger partial charge >= 0.3 is 6.36 Å². The van der Waals surface area contributed by atoms with Crippen LogP contribution in [0.1, 0.15) is 38.7 Å². The van der Waals surface area contributed by atoms with E-state index in [4.69, 9.17) is 0 Å². The highest BCUT2D eigenvalue weighted by atomic mass is 19.4. The van der Waals surface area contributed by atoms with Crippen LogP contribution in [0.2, 0.25) is 0 Å². The number of aromatic hydroxyl groups is 1. The molecule has 2 aromatic heterocycles. The van der Waals surface area contributed by atoms with Crippen LogP contribution in [0.25, 0.3) is 32.9 Å². The highest BCUT2D eigenvalue weighted by Crippen LogP contribution is 2.41. The number of aromatic amines is 1. The summed E-state index contributed by atoms with van der Waals surface area (Å²) in [6.45, 7) is 0.237. The van der Waals surface area contributed by atoms with Crippen molar-refractivity contribution in [3.05, 3.63) is 166 Å². The number of carbonyl (C=O) groups excluding carboxylic acids is 1. The topological polar surface area (TPSA) is 96.4 Å². The van der Waals surface area contributed by atoms with E-state index in [1.165, 1.54) is 28.8 Å².